The van der Waals surface area contributed by atoms with Crippen molar-refractivity contribution in [2.24, 2.45) is 0 Å². The number of carbonyl (C=O) groups is 2. The Morgan fingerprint density at radius 3 is 2.23 bits per heavy atom. The number of urea groups is 1. The zero-order chi connectivity index (χ0) is 22.0. The number of likely N-dealkylation sites (tertiary alicyclic amines) is 1. The Labute approximate surface area is 179 Å². The van der Waals surface area contributed by atoms with E-state index in [0.717, 1.165) is 0 Å². The zero-order valence-electron chi connectivity index (χ0n) is 17.2. The van der Waals surface area contributed by atoms with Gasteiger partial charge in [-0.1, -0.05) is 12.1 Å². The molecular weight excluding hydrogens is 398 g/mol. The molecule has 1 atom stereocenters. The van der Waals surface area contributed by atoms with E-state index < -0.39 is 6.03 Å². The summed E-state index contributed by atoms with van der Waals surface area (Å²) in [5.41, 5.74) is 1.98. The van der Waals surface area contributed by atoms with Crippen LogP contribution in [0.2, 0.25) is 0 Å². The number of nitrogens with zero attached hydrogens (tertiary/aromatic N) is 2. The van der Waals surface area contributed by atoms with Gasteiger partial charge in [-0.25, -0.2) is 9.59 Å². The van der Waals surface area contributed by atoms with Crippen molar-refractivity contribution in [1.82, 2.24) is 5.16 Å². The highest BCUT2D eigenvalue weighted by Gasteiger charge is 2.48. The molecule has 160 valence electrons. The van der Waals surface area contributed by atoms with Gasteiger partial charge in [-0.2, -0.15) is 4.48 Å². The monoisotopic (exact) mass is 422 g/mol. The summed E-state index contributed by atoms with van der Waals surface area (Å²) >= 11 is 0. The Balaban J connectivity index is 1.79. The number of benzene rings is 2. The average molecular weight is 422 g/mol. The van der Waals surface area contributed by atoms with Crippen LogP contribution in [-0.2, 0) is 4.79 Å². The Morgan fingerprint density at radius 1 is 1.06 bits per heavy atom. The molecule has 3 aromatic rings. The van der Waals surface area contributed by atoms with Gasteiger partial charge in [0.2, 0.25) is 0 Å². The lowest BCUT2D eigenvalue weighted by Gasteiger charge is -2.28. The predicted molar refractivity (Wildman–Crippen MR) is 114 cm³/mol. The second-order valence-electron chi connectivity index (χ2n) is 7.67. The molecule has 31 heavy (non-hydrogen) atoms. The van der Waals surface area contributed by atoms with Crippen molar-refractivity contribution in [1.29, 1.82) is 0 Å². The average Bonchev–Trinajstić information content (AvgIpc) is 3.34. The number of rotatable bonds is 5. The van der Waals surface area contributed by atoms with Crippen molar-refractivity contribution in [3.63, 3.8) is 0 Å². The summed E-state index contributed by atoms with van der Waals surface area (Å²) in [7, 11) is 0. The van der Waals surface area contributed by atoms with Crippen molar-refractivity contribution >= 4 is 17.6 Å². The fraction of sp³-hybridized carbons (Fsp3) is 0.261. The van der Waals surface area contributed by atoms with Gasteiger partial charge in [0.15, 0.2) is 5.76 Å². The summed E-state index contributed by atoms with van der Waals surface area (Å²) < 4.78 is 5.34. The number of anilines is 1. The first-order valence-electron chi connectivity index (χ1n) is 10.2. The third kappa shape index (κ3) is 3.77. The summed E-state index contributed by atoms with van der Waals surface area (Å²) in [4.78, 5) is 26.1. The molecule has 4 rings (SSSR count). The van der Waals surface area contributed by atoms with E-state index in [9.17, 15) is 19.8 Å². The lowest BCUT2D eigenvalue weighted by atomic mass is 10.1. The van der Waals surface area contributed by atoms with E-state index >= 15 is 0 Å². The second-order valence-corrected chi connectivity index (χ2v) is 7.67. The fourth-order valence-electron chi connectivity index (χ4n) is 4.02. The van der Waals surface area contributed by atoms with Gasteiger partial charge in [-0.3, -0.25) is 5.32 Å². The number of carbonyl (C=O) groups excluding carboxylic acids is 2. The molecule has 8 heteroatoms. The molecule has 1 fully saturated rings. The molecule has 1 aliphatic rings. The van der Waals surface area contributed by atoms with E-state index in [4.69, 9.17) is 4.52 Å². The van der Waals surface area contributed by atoms with E-state index in [1.165, 1.54) is 24.3 Å². The molecule has 2 heterocycles. The summed E-state index contributed by atoms with van der Waals surface area (Å²) in [6.07, 6.45) is 1.75. The number of aromatic hydroxyl groups is 2. The molecule has 0 aliphatic carbocycles. The minimum absolute atomic E-state index is 0.0897. The minimum atomic E-state index is -0.410. The van der Waals surface area contributed by atoms with Crippen LogP contribution in [0.4, 0.5) is 10.5 Å². The van der Waals surface area contributed by atoms with Crippen LogP contribution in [0.25, 0.3) is 22.6 Å². The Morgan fingerprint density at radius 2 is 1.68 bits per heavy atom. The number of quaternary nitrogens is 1. The number of hydrogen-bond acceptors (Lipinski definition) is 6. The van der Waals surface area contributed by atoms with Gasteiger partial charge in [0.25, 0.3) is 0 Å². The van der Waals surface area contributed by atoms with Crippen molar-refractivity contribution in [3.05, 3.63) is 48.5 Å². The molecule has 1 aromatic heterocycles. The van der Waals surface area contributed by atoms with Crippen LogP contribution in [0.5, 0.6) is 11.5 Å². The summed E-state index contributed by atoms with van der Waals surface area (Å²) in [5.74, 6) is 0.431. The molecule has 3 N–H and O–H groups in total. The van der Waals surface area contributed by atoms with Gasteiger partial charge >= 0.3 is 11.9 Å². The van der Waals surface area contributed by atoms with Gasteiger partial charge in [0.1, 0.15) is 22.9 Å². The van der Waals surface area contributed by atoms with E-state index in [2.05, 4.69) is 10.5 Å². The van der Waals surface area contributed by atoms with E-state index in [1.807, 2.05) is 6.92 Å². The second kappa shape index (κ2) is 8.23. The largest absolute Gasteiger partial charge is 0.508 e. The van der Waals surface area contributed by atoms with Crippen molar-refractivity contribution in [3.8, 4) is 34.1 Å². The smallest absolute Gasteiger partial charge is 0.428 e. The first-order chi connectivity index (χ1) is 14.9. The first-order valence-corrected chi connectivity index (χ1v) is 10.2. The number of nitrogens with one attached hydrogen (secondary N) is 1. The van der Waals surface area contributed by atoms with Crippen LogP contribution >= 0.6 is 0 Å². The van der Waals surface area contributed by atoms with Crippen molar-refractivity contribution < 1.29 is 28.8 Å². The number of amides is 3. The normalized spacial score (nSPS) is 18.3. The molecule has 0 spiro atoms. The summed E-state index contributed by atoms with van der Waals surface area (Å²) in [6.45, 7) is 2.84. The number of hydrogen-bond donors (Lipinski definition) is 3. The zero-order valence-corrected chi connectivity index (χ0v) is 17.2. The molecule has 1 saturated heterocycles. The Hall–Kier alpha value is -3.65. The van der Waals surface area contributed by atoms with Crippen LogP contribution < -0.4 is 5.32 Å². The number of aromatic nitrogens is 1. The quantitative estimate of drug-likeness (QED) is 0.522. The van der Waals surface area contributed by atoms with Crippen LogP contribution in [0.1, 0.15) is 26.2 Å². The van der Waals surface area contributed by atoms with Gasteiger partial charge in [-0.15, -0.1) is 0 Å². The lowest BCUT2D eigenvalue weighted by molar-refractivity contribution is -0.762. The molecule has 0 radical (unpaired) electrons. The third-order valence-electron chi connectivity index (χ3n) is 5.60. The Kier molecular flexibility index (Phi) is 5.48. The first kappa shape index (κ1) is 20.6. The lowest BCUT2D eigenvalue weighted by Crippen LogP contribution is -2.56. The number of imide groups is 1. The standard InChI is InChI=1S/C23H23N3O5/c1-2-13-26(14-3-4-19(26)29)23(30)24-21-20(15-5-9-17(27)10-6-15)25-31-22(21)16-7-11-18(28)12-8-16/h5-12H,2-4,13-14H2,1H3,(H2-,24,25,27,28,30)/p+1. The van der Waals surface area contributed by atoms with Crippen molar-refractivity contribution in [2.45, 2.75) is 26.2 Å². The minimum Gasteiger partial charge on any atom is -0.508 e. The predicted octanol–water partition coefficient (Wildman–Crippen LogP) is 4.50. The summed E-state index contributed by atoms with van der Waals surface area (Å²) in [6, 6.07) is 12.3. The van der Waals surface area contributed by atoms with E-state index in [1.54, 1.807) is 24.3 Å². The van der Waals surface area contributed by atoms with E-state index in [-0.39, 0.29) is 21.9 Å². The topological polar surface area (TPSA) is 113 Å². The number of phenolic OH excluding ortho intramolecular Hbond substituents is 2. The molecule has 3 amide bonds. The maximum atomic E-state index is 13.4. The van der Waals surface area contributed by atoms with Gasteiger partial charge in [0, 0.05) is 17.5 Å². The Bertz CT molecular complexity index is 1040. The molecular formula is C23H24N3O5+. The third-order valence-corrected chi connectivity index (χ3v) is 5.60. The molecule has 8 nitrogen and oxygen atoms in total. The number of phenols is 2. The van der Waals surface area contributed by atoms with Gasteiger partial charge < -0.3 is 14.7 Å². The van der Waals surface area contributed by atoms with Gasteiger partial charge in [-0.05, 0) is 55.0 Å². The highest BCUT2D eigenvalue weighted by molar-refractivity contribution is 5.99. The fourth-order valence-corrected chi connectivity index (χ4v) is 4.02. The highest BCUT2D eigenvalue weighted by Crippen LogP contribution is 2.39. The van der Waals surface area contributed by atoms with Crippen LogP contribution in [0, 0.1) is 0 Å². The van der Waals surface area contributed by atoms with Crippen molar-refractivity contribution in [2.75, 3.05) is 18.4 Å². The van der Waals surface area contributed by atoms with E-state index in [0.29, 0.717) is 60.6 Å². The maximum Gasteiger partial charge on any atom is 0.428 e. The maximum absolute atomic E-state index is 13.4. The SMILES string of the molecule is CCC[N+]1(C(=O)Nc2c(-c3ccc(O)cc3)noc2-c2ccc(O)cc2)CCCC1=O. The highest BCUT2D eigenvalue weighted by atomic mass is 16.5. The van der Waals surface area contributed by atoms with Crippen LogP contribution in [0.15, 0.2) is 53.1 Å². The molecule has 1 aliphatic heterocycles. The summed E-state index contributed by atoms with van der Waals surface area (Å²) in [5, 5.41) is 26.3. The molecule has 1 unspecified atom stereocenters. The molecule has 0 bridgehead atoms. The van der Waals surface area contributed by atoms with Crippen LogP contribution in [-0.4, -0.2) is 44.9 Å². The van der Waals surface area contributed by atoms with Gasteiger partial charge in [0.05, 0.1) is 19.5 Å². The molecule has 2 aromatic carbocycles. The van der Waals surface area contributed by atoms with Crippen LogP contribution in [0.3, 0.4) is 0 Å². The molecule has 0 saturated carbocycles.